The van der Waals surface area contributed by atoms with E-state index in [4.69, 9.17) is 5.73 Å². The number of hydrogen-bond acceptors (Lipinski definition) is 3. The summed E-state index contributed by atoms with van der Waals surface area (Å²) >= 11 is 0. The highest BCUT2D eigenvalue weighted by Gasteiger charge is 2.14. The third-order valence-corrected chi connectivity index (χ3v) is 2.56. The minimum absolute atomic E-state index is 0.422. The van der Waals surface area contributed by atoms with Crippen LogP contribution in [0.1, 0.15) is 23.0 Å². The van der Waals surface area contributed by atoms with Gasteiger partial charge in [-0.3, -0.25) is 14.5 Å². The fourth-order valence-electron chi connectivity index (χ4n) is 1.74. The van der Waals surface area contributed by atoms with Crippen LogP contribution in [-0.4, -0.2) is 20.7 Å². The van der Waals surface area contributed by atoms with Crippen LogP contribution in [0.5, 0.6) is 0 Å². The van der Waals surface area contributed by atoms with Gasteiger partial charge in [0.1, 0.15) is 5.69 Å². The standard InChI is InChI=1S/C12H14N4O/c1-3-16-10(6-7-14-16)11-9(12(13)17)5-4-8(2)15-11/h4-7H,3H2,1-2H3,(H2,13,17). The Hall–Kier alpha value is -2.17. The van der Waals surface area contributed by atoms with Gasteiger partial charge in [0.15, 0.2) is 0 Å². The van der Waals surface area contributed by atoms with E-state index in [2.05, 4.69) is 10.1 Å². The number of pyridine rings is 1. The zero-order valence-corrected chi connectivity index (χ0v) is 9.84. The molecule has 2 heterocycles. The summed E-state index contributed by atoms with van der Waals surface area (Å²) in [4.78, 5) is 15.8. The highest BCUT2D eigenvalue weighted by Crippen LogP contribution is 2.21. The quantitative estimate of drug-likeness (QED) is 0.865. The van der Waals surface area contributed by atoms with Crippen LogP contribution in [0.3, 0.4) is 0 Å². The Balaban J connectivity index is 2.65. The maximum atomic E-state index is 11.4. The van der Waals surface area contributed by atoms with Crippen molar-refractivity contribution >= 4 is 5.91 Å². The molecule has 0 aliphatic heterocycles. The van der Waals surface area contributed by atoms with E-state index in [0.717, 1.165) is 17.9 Å². The maximum Gasteiger partial charge on any atom is 0.250 e. The van der Waals surface area contributed by atoms with Crippen molar-refractivity contribution in [1.29, 1.82) is 0 Å². The Morgan fingerprint density at radius 1 is 1.41 bits per heavy atom. The van der Waals surface area contributed by atoms with Gasteiger partial charge < -0.3 is 5.73 Å². The van der Waals surface area contributed by atoms with Crippen LogP contribution in [-0.2, 0) is 6.54 Å². The molecule has 0 aromatic carbocycles. The molecule has 2 aromatic heterocycles. The highest BCUT2D eigenvalue weighted by atomic mass is 16.1. The first-order chi connectivity index (χ1) is 8.13. The van der Waals surface area contributed by atoms with Gasteiger partial charge in [-0.05, 0) is 32.0 Å². The van der Waals surface area contributed by atoms with Gasteiger partial charge in [-0.2, -0.15) is 5.10 Å². The van der Waals surface area contributed by atoms with Gasteiger partial charge in [-0.25, -0.2) is 0 Å². The molecule has 0 radical (unpaired) electrons. The largest absolute Gasteiger partial charge is 0.366 e. The van der Waals surface area contributed by atoms with Crippen molar-refractivity contribution in [3.05, 3.63) is 35.7 Å². The molecule has 5 nitrogen and oxygen atoms in total. The monoisotopic (exact) mass is 230 g/mol. The van der Waals surface area contributed by atoms with Crippen LogP contribution in [0.4, 0.5) is 0 Å². The van der Waals surface area contributed by atoms with Crippen molar-refractivity contribution in [3.63, 3.8) is 0 Å². The zero-order chi connectivity index (χ0) is 12.4. The lowest BCUT2D eigenvalue weighted by atomic mass is 10.1. The zero-order valence-electron chi connectivity index (χ0n) is 9.84. The van der Waals surface area contributed by atoms with Crippen LogP contribution in [0, 0.1) is 6.92 Å². The Morgan fingerprint density at radius 2 is 2.18 bits per heavy atom. The summed E-state index contributed by atoms with van der Waals surface area (Å²) in [5, 5.41) is 4.17. The minimum Gasteiger partial charge on any atom is -0.366 e. The van der Waals surface area contributed by atoms with Crippen molar-refractivity contribution in [2.75, 3.05) is 0 Å². The predicted molar refractivity (Wildman–Crippen MR) is 64.4 cm³/mol. The van der Waals surface area contributed by atoms with Crippen LogP contribution in [0.2, 0.25) is 0 Å². The van der Waals surface area contributed by atoms with Crippen LogP contribution in [0.15, 0.2) is 24.4 Å². The van der Waals surface area contributed by atoms with Crippen molar-refractivity contribution in [1.82, 2.24) is 14.8 Å². The van der Waals surface area contributed by atoms with Gasteiger partial charge in [0.05, 0.1) is 11.3 Å². The van der Waals surface area contributed by atoms with Gasteiger partial charge in [0.25, 0.3) is 5.91 Å². The molecular weight excluding hydrogens is 216 g/mol. The number of carbonyl (C=O) groups is 1. The molecule has 0 bridgehead atoms. The number of aromatic nitrogens is 3. The van der Waals surface area contributed by atoms with Crippen LogP contribution in [0.25, 0.3) is 11.4 Å². The molecular formula is C12H14N4O. The normalized spacial score (nSPS) is 10.5. The number of carbonyl (C=O) groups excluding carboxylic acids is 1. The highest BCUT2D eigenvalue weighted by molar-refractivity contribution is 5.98. The second-order valence-electron chi connectivity index (χ2n) is 3.75. The number of amides is 1. The van der Waals surface area contributed by atoms with Crippen LogP contribution < -0.4 is 5.73 Å². The van der Waals surface area contributed by atoms with Crippen molar-refractivity contribution < 1.29 is 4.79 Å². The molecule has 0 atom stereocenters. The van der Waals surface area contributed by atoms with E-state index in [9.17, 15) is 4.79 Å². The number of nitrogens with zero attached hydrogens (tertiary/aromatic N) is 3. The summed E-state index contributed by atoms with van der Waals surface area (Å²) in [5.74, 6) is -0.476. The topological polar surface area (TPSA) is 73.8 Å². The van der Waals surface area contributed by atoms with E-state index in [1.807, 2.05) is 19.9 Å². The smallest absolute Gasteiger partial charge is 0.250 e. The first kappa shape index (κ1) is 11.3. The third kappa shape index (κ3) is 2.04. The summed E-state index contributed by atoms with van der Waals surface area (Å²) in [7, 11) is 0. The summed E-state index contributed by atoms with van der Waals surface area (Å²) in [6, 6.07) is 5.31. The summed E-state index contributed by atoms with van der Waals surface area (Å²) in [5.41, 5.74) is 8.02. The second-order valence-corrected chi connectivity index (χ2v) is 3.75. The van der Waals surface area contributed by atoms with Crippen LogP contribution >= 0.6 is 0 Å². The molecule has 1 amide bonds. The average Bonchev–Trinajstić information content (AvgIpc) is 2.76. The fourth-order valence-corrected chi connectivity index (χ4v) is 1.74. The number of primary amides is 1. The molecule has 2 rings (SSSR count). The summed E-state index contributed by atoms with van der Waals surface area (Å²) in [6.07, 6.45) is 1.69. The Kier molecular flexibility index (Phi) is 2.91. The van der Waals surface area contributed by atoms with E-state index in [0.29, 0.717) is 11.3 Å². The SMILES string of the molecule is CCn1nccc1-c1nc(C)ccc1C(N)=O. The van der Waals surface area contributed by atoms with Gasteiger partial charge in [0.2, 0.25) is 0 Å². The molecule has 5 heteroatoms. The minimum atomic E-state index is -0.476. The first-order valence-corrected chi connectivity index (χ1v) is 5.43. The molecule has 0 saturated carbocycles. The average molecular weight is 230 g/mol. The van der Waals surface area contributed by atoms with E-state index in [1.165, 1.54) is 0 Å². The molecule has 0 saturated heterocycles. The van der Waals surface area contributed by atoms with E-state index in [-0.39, 0.29) is 0 Å². The molecule has 2 N–H and O–H groups in total. The number of aryl methyl sites for hydroxylation is 2. The Labute approximate surface area is 99.3 Å². The first-order valence-electron chi connectivity index (χ1n) is 5.43. The van der Waals surface area contributed by atoms with Crippen molar-refractivity contribution in [2.24, 2.45) is 5.73 Å². The molecule has 0 aliphatic carbocycles. The van der Waals surface area contributed by atoms with Gasteiger partial charge in [0, 0.05) is 18.4 Å². The second kappa shape index (κ2) is 4.37. The van der Waals surface area contributed by atoms with E-state index < -0.39 is 5.91 Å². The number of hydrogen-bond donors (Lipinski definition) is 1. The predicted octanol–water partition coefficient (Wildman–Crippen LogP) is 1.37. The molecule has 88 valence electrons. The number of rotatable bonds is 3. The molecule has 0 aliphatic rings. The third-order valence-electron chi connectivity index (χ3n) is 2.56. The lowest BCUT2D eigenvalue weighted by molar-refractivity contribution is 0.100. The van der Waals surface area contributed by atoms with Crippen molar-refractivity contribution in [2.45, 2.75) is 20.4 Å². The molecule has 17 heavy (non-hydrogen) atoms. The lowest BCUT2D eigenvalue weighted by Crippen LogP contribution is -2.14. The fraction of sp³-hybridized carbons (Fsp3) is 0.250. The van der Waals surface area contributed by atoms with E-state index >= 15 is 0 Å². The van der Waals surface area contributed by atoms with Crippen molar-refractivity contribution in [3.8, 4) is 11.4 Å². The number of nitrogens with two attached hydrogens (primary N) is 1. The molecule has 2 aromatic rings. The summed E-state index contributed by atoms with van der Waals surface area (Å²) < 4.78 is 1.79. The van der Waals surface area contributed by atoms with Gasteiger partial charge >= 0.3 is 0 Å². The van der Waals surface area contributed by atoms with E-state index in [1.54, 1.807) is 23.0 Å². The van der Waals surface area contributed by atoms with Gasteiger partial charge in [-0.1, -0.05) is 0 Å². The Bertz CT molecular complexity index is 559. The maximum absolute atomic E-state index is 11.4. The lowest BCUT2D eigenvalue weighted by Gasteiger charge is -2.08. The Morgan fingerprint density at radius 3 is 2.82 bits per heavy atom. The van der Waals surface area contributed by atoms with Gasteiger partial charge in [-0.15, -0.1) is 0 Å². The molecule has 0 unspecified atom stereocenters. The summed E-state index contributed by atoms with van der Waals surface area (Å²) in [6.45, 7) is 4.58. The molecule has 0 fully saturated rings. The molecule has 0 spiro atoms.